The predicted molar refractivity (Wildman–Crippen MR) is 52.4 cm³/mol. The van der Waals surface area contributed by atoms with E-state index < -0.39 is 0 Å². The van der Waals surface area contributed by atoms with Gasteiger partial charge >= 0.3 is 6.03 Å². The summed E-state index contributed by atoms with van der Waals surface area (Å²) in [6.07, 6.45) is 0. The van der Waals surface area contributed by atoms with Crippen LogP contribution in [0.15, 0.2) is 0 Å². The number of carbonyl (C=O) groups is 1. The Morgan fingerprint density at radius 2 is 2.31 bits per heavy atom. The number of likely N-dealkylation sites (tertiary alicyclic amines) is 1. The van der Waals surface area contributed by atoms with Crippen molar-refractivity contribution in [2.75, 3.05) is 19.6 Å². The second-order valence-corrected chi connectivity index (χ2v) is 4.31. The summed E-state index contributed by atoms with van der Waals surface area (Å²) in [6.45, 7) is 8.19. The maximum Gasteiger partial charge on any atom is 0.317 e. The van der Waals surface area contributed by atoms with Gasteiger partial charge in [0.25, 0.3) is 0 Å². The summed E-state index contributed by atoms with van der Waals surface area (Å²) in [6, 6.07) is 0.0960. The van der Waals surface area contributed by atoms with Gasteiger partial charge in [0.05, 0.1) is 0 Å². The van der Waals surface area contributed by atoms with Crippen LogP contribution >= 0.6 is 0 Å². The molecular formula is C9H19N3O. The normalized spacial score (nSPS) is 26.2. The molecule has 0 spiro atoms. The van der Waals surface area contributed by atoms with Gasteiger partial charge < -0.3 is 16.0 Å². The number of rotatable bonds is 1. The van der Waals surface area contributed by atoms with Crippen molar-refractivity contribution in [2.24, 2.45) is 11.1 Å². The van der Waals surface area contributed by atoms with Gasteiger partial charge in [-0.1, -0.05) is 13.8 Å². The molecule has 1 atom stereocenters. The van der Waals surface area contributed by atoms with E-state index >= 15 is 0 Å². The summed E-state index contributed by atoms with van der Waals surface area (Å²) >= 11 is 0. The number of hydrogen-bond donors (Lipinski definition) is 2. The fourth-order valence-corrected chi connectivity index (χ4v) is 1.58. The SMILES string of the molecule is CCNC(=O)N1CC(N)C(C)(C)C1. The van der Waals surface area contributed by atoms with Crippen molar-refractivity contribution in [3.63, 3.8) is 0 Å². The topological polar surface area (TPSA) is 58.4 Å². The maximum atomic E-state index is 11.4. The van der Waals surface area contributed by atoms with Gasteiger partial charge in [0.2, 0.25) is 0 Å². The van der Waals surface area contributed by atoms with Crippen molar-refractivity contribution in [3.05, 3.63) is 0 Å². The minimum atomic E-state index is 0.00326. The monoisotopic (exact) mass is 185 g/mol. The van der Waals surface area contributed by atoms with Gasteiger partial charge in [0, 0.05) is 25.7 Å². The number of amides is 2. The zero-order valence-corrected chi connectivity index (χ0v) is 8.63. The summed E-state index contributed by atoms with van der Waals surface area (Å²) in [5, 5.41) is 2.78. The zero-order valence-electron chi connectivity index (χ0n) is 8.63. The number of nitrogens with zero attached hydrogens (tertiary/aromatic N) is 1. The van der Waals surface area contributed by atoms with Crippen LogP contribution in [0.25, 0.3) is 0 Å². The molecule has 1 rings (SSSR count). The molecule has 0 aromatic heterocycles. The Labute approximate surface area is 79.5 Å². The van der Waals surface area contributed by atoms with Crippen molar-refractivity contribution in [1.29, 1.82) is 0 Å². The molecule has 0 bridgehead atoms. The van der Waals surface area contributed by atoms with Crippen LogP contribution in [0.5, 0.6) is 0 Å². The molecule has 1 aliphatic rings. The minimum absolute atomic E-state index is 0.00326. The Kier molecular flexibility index (Phi) is 2.81. The highest BCUT2D eigenvalue weighted by atomic mass is 16.2. The van der Waals surface area contributed by atoms with Crippen LogP contribution in [-0.4, -0.2) is 36.6 Å². The first-order valence-corrected chi connectivity index (χ1v) is 4.75. The first kappa shape index (κ1) is 10.3. The second-order valence-electron chi connectivity index (χ2n) is 4.31. The first-order valence-electron chi connectivity index (χ1n) is 4.75. The minimum Gasteiger partial charge on any atom is -0.338 e. The number of nitrogens with two attached hydrogens (primary N) is 1. The summed E-state index contributed by atoms with van der Waals surface area (Å²) in [5.74, 6) is 0. The van der Waals surface area contributed by atoms with E-state index in [2.05, 4.69) is 19.2 Å². The van der Waals surface area contributed by atoms with Crippen molar-refractivity contribution in [3.8, 4) is 0 Å². The fourth-order valence-electron chi connectivity index (χ4n) is 1.58. The van der Waals surface area contributed by atoms with E-state index in [9.17, 15) is 4.79 Å². The molecular weight excluding hydrogens is 166 g/mol. The third-order valence-electron chi connectivity index (χ3n) is 2.63. The molecule has 76 valence electrons. The van der Waals surface area contributed by atoms with Crippen molar-refractivity contribution < 1.29 is 4.79 Å². The van der Waals surface area contributed by atoms with Gasteiger partial charge in [-0.15, -0.1) is 0 Å². The summed E-state index contributed by atoms with van der Waals surface area (Å²) < 4.78 is 0. The Bertz CT molecular complexity index is 203. The molecule has 1 fully saturated rings. The first-order chi connectivity index (χ1) is 5.97. The molecule has 2 amide bonds. The van der Waals surface area contributed by atoms with E-state index in [1.54, 1.807) is 4.90 Å². The second kappa shape index (κ2) is 3.54. The lowest BCUT2D eigenvalue weighted by molar-refractivity contribution is 0.204. The van der Waals surface area contributed by atoms with Crippen LogP contribution < -0.4 is 11.1 Å². The van der Waals surface area contributed by atoms with Gasteiger partial charge in [0.1, 0.15) is 0 Å². The molecule has 1 aliphatic heterocycles. The van der Waals surface area contributed by atoms with E-state index in [0.717, 1.165) is 6.54 Å². The molecule has 1 heterocycles. The van der Waals surface area contributed by atoms with Crippen molar-refractivity contribution in [2.45, 2.75) is 26.8 Å². The van der Waals surface area contributed by atoms with Crippen LogP contribution in [-0.2, 0) is 0 Å². The Morgan fingerprint density at radius 3 is 2.69 bits per heavy atom. The molecule has 4 heteroatoms. The van der Waals surface area contributed by atoms with Crippen molar-refractivity contribution in [1.82, 2.24) is 10.2 Å². The molecule has 0 saturated carbocycles. The van der Waals surface area contributed by atoms with Crippen LogP contribution in [0.3, 0.4) is 0 Å². The summed E-state index contributed by atoms with van der Waals surface area (Å²) in [7, 11) is 0. The molecule has 0 aromatic carbocycles. The predicted octanol–water partition coefficient (Wildman–Crippen LogP) is 0.385. The third kappa shape index (κ3) is 2.12. The zero-order chi connectivity index (χ0) is 10.1. The van der Waals surface area contributed by atoms with E-state index in [-0.39, 0.29) is 17.5 Å². The van der Waals surface area contributed by atoms with E-state index in [1.807, 2.05) is 6.92 Å². The van der Waals surface area contributed by atoms with Crippen LogP contribution in [0.1, 0.15) is 20.8 Å². The Hall–Kier alpha value is -0.770. The van der Waals surface area contributed by atoms with Crippen LogP contribution in [0.4, 0.5) is 4.79 Å². The number of nitrogens with one attached hydrogen (secondary N) is 1. The standard InChI is InChI=1S/C9H19N3O/c1-4-11-8(13)12-5-7(10)9(2,3)6-12/h7H,4-6,10H2,1-3H3,(H,11,13). The van der Waals surface area contributed by atoms with Crippen LogP contribution in [0, 0.1) is 5.41 Å². The van der Waals surface area contributed by atoms with Gasteiger partial charge in [-0.2, -0.15) is 0 Å². The Morgan fingerprint density at radius 1 is 1.69 bits per heavy atom. The molecule has 0 aliphatic carbocycles. The lowest BCUT2D eigenvalue weighted by Gasteiger charge is -2.21. The molecule has 0 aromatic rings. The lowest BCUT2D eigenvalue weighted by Crippen LogP contribution is -2.39. The van der Waals surface area contributed by atoms with Gasteiger partial charge in [0.15, 0.2) is 0 Å². The number of urea groups is 1. The molecule has 13 heavy (non-hydrogen) atoms. The van der Waals surface area contributed by atoms with Crippen LogP contribution in [0.2, 0.25) is 0 Å². The summed E-state index contributed by atoms with van der Waals surface area (Å²) in [5.41, 5.74) is 5.96. The highest BCUT2D eigenvalue weighted by Gasteiger charge is 2.38. The molecule has 1 saturated heterocycles. The number of carbonyl (C=O) groups excluding carboxylic acids is 1. The molecule has 3 N–H and O–H groups in total. The smallest absolute Gasteiger partial charge is 0.317 e. The van der Waals surface area contributed by atoms with E-state index in [1.165, 1.54) is 0 Å². The lowest BCUT2D eigenvalue weighted by atomic mass is 9.89. The third-order valence-corrected chi connectivity index (χ3v) is 2.63. The fraction of sp³-hybridized carbons (Fsp3) is 0.889. The van der Waals surface area contributed by atoms with Crippen molar-refractivity contribution >= 4 is 6.03 Å². The average molecular weight is 185 g/mol. The summed E-state index contributed by atoms with van der Waals surface area (Å²) in [4.78, 5) is 13.2. The number of hydrogen-bond acceptors (Lipinski definition) is 2. The van der Waals surface area contributed by atoms with E-state index in [0.29, 0.717) is 13.1 Å². The Balaban J connectivity index is 2.53. The molecule has 4 nitrogen and oxygen atoms in total. The molecule has 1 unspecified atom stereocenters. The van der Waals surface area contributed by atoms with E-state index in [4.69, 9.17) is 5.73 Å². The largest absolute Gasteiger partial charge is 0.338 e. The van der Waals surface area contributed by atoms with Gasteiger partial charge in [-0.05, 0) is 12.3 Å². The van der Waals surface area contributed by atoms with Gasteiger partial charge in [-0.25, -0.2) is 4.79 Å². The quantitative estimate of drug-likeness (QED) is 0.620. The van der Waals surface area contributed by atoms with Gasteiger partial charge in [-0.3, -0.25) is 0 Å². The highest BCUT2D eigenvalue weighted by Crippen LogP contribution is 2.27. The highest BCUT2D eigenvalue weighted by molar-refractivity contribution is 5.74. The maximum absolute atomic E-state index is 11.4. The average Bonchev–Trinajstić information content (AvgIpc) is 2.27. The molecule has 0 radical (unpaired) electrons.